The minimum absolute atomic E-state index is 0.0117. The Morgan fingerprint density at radius 1 is 1.21 bits per heavy atom. The molecule has 1 amide bonds. The van der Waals surface area contributed by atoms with Crippen molar-refractivity contribution < 1.29 is 13.2 Å². The maximum absolute atomic E-state index is 12.0. The molecule has 0 radical (unpaired) electrons. The Kier molecular flexibility index (Phi) is 5.50. The molecule has 106 valence electrons. The summed E-state index contributed by atoms with van der Waals surface area (Å²) in [7, 11) is -1.97. The number of hydrogen-bond acceptors (Lipinski definition) is 3. The fourth-order valence-corrected chi connectivity index (χ4v) is 2.22. The van der Waals surface area contributed by atoms with Gasteiger partial charge in [-0.15, -0.1) is 0 Å². The average Bonchev–Trinajstić information content (AvgIpc) is 2.37. The number of benzene rings is 1. The van der Waals surface area contributed by atoms with Crippen LogP contribution in [0.4, 0.5) is 0 Å². The summed E-state index contributed by atoms with van der Waals surface area (Å²) in [5, 5.41) is 5.00. The fraction of sp³-hybridized carbons (Fsp3) is 0.462. The lowest BCUT2D eigenvalue weighted by Gasteiger charge is -2.17. The summed E-state index contributed by atoms with van der Waals surface area (Å²) in [6.45, 7) is 2.80. The number of sulfonamides is 1. The molecule has 0 aromatic heterocycles. The molecule has 0 unspecified atom stereocenters. The lowest BCUT2D eigenvalue weighted by atomic mass is 10.2. The van der Waals surface area contributed by atoms with Crippen molar-refractivity contribution in [2.75, 3.05) is 13.6 Å². The van der Waals surface area contributed by atoms with E-state index in [9.17, 15) is 13.2 Å². The molecule has 0 saturated heterocycles. The van der Waals surface area contributed by atoms with Crippen LogP contribution < -0.4 is 5.14 Å². The number of rotatable bonds is 6. The molecule has 0 aliphatic rings. The van der Waals surface area contributed by atoms with Gasteiger partial charge in [0.2, 0.25) is 10.0 Å². The van der Waals surface area contributed by atoms with Crippen molar-refractivity contribution in [3.63, 3.8) is 0 Å². The molecule has 1 aromatic rings. The highest BCUT2D eigenvalue weighted by Gasteiger charge is 2.13. The van der Waals surface area contributed by atoms with Gasteiger partial charge in [-0.2, -0.15) is 0 Å². The van der Waals surface area contributed by atoms with Crippen molar-refractivity contribution in [2.24, 2.45) is 5.14 Å². The number of carbonyl (C=O) groups excluding carboxylic acids is 1. The van der Waals surface area contributed by atoms with Crippen LogP contribution in [-0.2, 0) is 10.0 Å². The first-order valence-corrected chi connectivity index (χ1v) is 7.79. The number of carbonyl (C=O) groups is 1. The van der Waals surface area contributed by atoms with Crippen LogP contribution in [0.25, 0.3) is 0 Å². The third-order valence-corrected chi connectivity index (χ3v) is 3.80. The van der Waals surface area contributed by atoms with Crippen molar-refractivity contribution in [1.29, 1.82) is 0 Å². The van der Waals surface area contributed by atoms with E-state index in [1.807, 2.05) is 0 Å². The van der Waals surface area contributed by atoms with Crippen LogP contribution in [0.5, 0.6) is 0 Å². The molecule has 0 aliphatic carbocycles. The molecule has 0 atom stereocenters. The molecule has 19 heavy (non-hydrogen) atoms. The highest BCUT2D eigenvalue weighted by atomic mass is 32.2. The minimum atomic E-state index is -3.71. The van der Waals surface area contributed by atoms with Crippen LogP contribution in [0.3, 0.4) is 0 Å². The summed E-state index contributed by atoms with van der Waals surface area (Å²) in [4.78, 5) is 13.7. The van der Waals surface area contributed by atoms with Gasteiger partial charge in [0.25, 0.3) is 5.91 Å². The molecule has 1 rings (SSSR count). The second-order valence-electron chi connectivity index (χ2n) is 4.50. The van der Waals surface area contributed by atoms with E-state index in [0.717, 1.165) is 19.3 Å². The van der Waals surface area contributed by atoms with Crippen LogP contribution >= 0.6 is 0 Å². The zero-order valence-electron chi connectivity index (χ0n) is 11.3. The van der Waals surface area contributed by atoms with Gasteiger partial charge in [-0.1, -0.05) is 19.8 Å². The van der Waals surface area contributed by atoms with Gasteiger partial charge in [-0.05, 0) is 30.7 Å². The van der Waals surface area contributed by atoms with E-state index >= 15 is 0 Å². The molecule has 0 aliphatic heterocycles. The van der Waals surface area contributed by atoms with Gasteiger partial charge in [0.15, 0.2) is 0 Å². The topological polar surface area (TPSA) is 80.5 Å². The van der Waals surface area contributed by atoms with Crippen LogP contribution in [0, 0.1) is 0 Å². The van der Waals surface area contributed by atoms with Crippen LogP contribution in [0.1, 0.15) is 36.5 Å². The number of amides is 1. The summed E-state index contributed by atoms with van der Waals surface area (Å²) in [6.07, 6.45) is 3.15. The lowest BCUT2D eigenvalue weighted by Crippen LogP contribution is -2.27. The average molecular weight is 284 g/mol. The quantitative estimate of drug-likeness (QED) is 0.806. The second-order valence-corrected chi connectivity index (χ2v) is 6.06. The van der Waals surface area contributed by atoms with Crippen LogP contribution in [-0.4, -0.2) is 32.8 Å². The van der Waals surface area contributed by atoms with Crippen LogP contribution in [0.15, 0.2) is 29.2 Å². The molecule has 0 fully saturated rings. The summed E-state index contributed by atoms with van der Waals surface area (Å²) in [6, 6.07) is 5.67. The van der Waals surface area contributed by atoms with E-state index in [0.29, 0.717) is 12.1 Å². The first-order chi connectivity index (χ1) is 8.86. The Labute approximate surface area is 114 Å². The van der Waals surface area contributed by atoms with Crippen molar-refractivity contribution >= 4 is 15.9 Å². The monoisotopic (exact) mass is 284 g/mol. The van der Waals surface area contributed by atoms with E-state index in [2.05, 4.69) is 6.92 Å². The van der Waals surface area contributed by atoms with E-state index in [1.54, 1.807) is 11.9 Å². The lowest BCUT2D eigenvalue weighted by molar-refractivity contribution is 0.0792. The Balaban J connectivity index is 2.73. The third-order valence-electron chi connectivity index (χ3n) is 2.87. The summed E-state index contributed by atoms with van der Waals surface area (Å²) < 4.78 is 22.2. The Bertz CT molecular complexity index is 523. The number of hydrogen-bond donors (Lipinski definition) is 1. The van der Waals surface area contributed by atoms with Gasteiger partial charge < -0.3 is 4.90 Å². The highest BCUT2D eigenvalue weighted by molar-refractivity contribution is 7.89. The molecule has 1 aromatic carbocycles. The third kappa shape index (κ3) is 4.65. The summed E-state index contributed by atoms with van der Waals surface area (Å²) in [5.74, 6) is -0.114. The van der Waals surface area contributed by atoms with E-state index in [4.69, 9.17) is 5.14 Å². The Morgan fingerprint density at radius 2 is 1.79 bits per heavy atom. The number of primary sulfonamides is 1. The predicted octanol–water partition coefficient (Wildman–Crippen LogP) is 1.60. The molecule has 0 heterocycles. The largest absolute Gasteiger partial charge is 0.342 e. The van der Waals surface area contributed by atoms with Gasteiger partial charge in [0, 0.05) is 19.2 Å². The second kappa shape index (κ2) is 6.68. The molecule has 0 spiro atoms. The molecule has 6 heteroatoms. The van der Waals surface area contributed by atoms with Gasteiger partial charge in [0.1, 0.15) is 0 Å². The van der Waals surface area contributed by atoms with Gasteiger partial charge >= 0.3 is 0 Å². The van der Waals surface area contributed by atoms with E-state index in [1.165, 1.54) is 24.3 Å². The smallest absolute Gasteiger partial charge is 0.253 e. The van der Waals surface area contributed by atoms with Gasteiger partial charge in [-0.25, -0.2) is 13.6 Å². The minimum Gasteiger partial charge on any atom is -0.342 e. The Morgan fingerprint density at radius 3 is 2.26 bits per heavy atom. The maximum Gasteiger partial charge on any atom is 0.253 e. The van der Waals surface area contributed by atoms with Crippen LogP contribution in [0.2, 0.25) is 0 Å². The molecule has 0 bridgehead atoms. The van der Waals surface area contributed by atoms with Crippen molar-refractivity contribution in [1.82, 2.24) is 4.90 Å². The SMILES string of the molecule is CCCCCN(C)C(=O)c1ccc(S(N)(=O)=O)cc1. The van der Waals surface area contributed by atoms with E-state index in [-0.39, 0.29) is 10.8 Å². The zero-order chi connectivity index (χ0) is 14.5. The maximum atomic E-state index is 12.0. The van der Waals surface area contributed by atoms with Crippen molar-refractivity contribution in [2.45, 2.75) is 31.1 Å². The predicted molar refractivity (Wildman–Crippen MR) is 74.3 cm³/mol. The van der Waals surface area contributed by atoms with E-state index < -0.39 is 10.0 Å². The molecular formula is C13H20N2O3S. The first kappa shape index (κ1) is 15.7. The number of nitrogens with zero attached hydrogens (tertiary/aromatic N) is 1. The normalized spacial score (nSPS) is 11.3. The van der Waals surface area contributed by atoms with Gasteiger partial charge in [-0.3, -0.25) is 4.79 Å². The van der Waals surface area contributed by atoms with Crippen molar-refractivity contribution in [3.05, 3.63) is 29.8 Å². The summed E-state index contributed by atoms with van der Waals surface area (Å²) in [5.41, 5.74) is 0.464. The number of unbranched alkanes of at least 4 members (excludes halogenated alkanes) is 2. The standard InChI is InChI=1S/C13H20N2O3S/c1-3-4-5-10-15(2)13(16)11-6-8-12(9-7-11)19(14,17)18/h6-9H,3-5,10H2,1-2H3,(H2,14,17,18). The first-order valence-electron chi connectivity index (χ1n) is 6.24. The fourth-order valence-electron chi connectivity index (χ4n) is 1.71. The molecule has 0 saturated carbocycles. The Hall–Kier alpha value is -1.40. The molecule has 5 nitrogen and oxygen atoms in total. The van der Waals surface area contributed by atoms with Crippen molar-refractivity contribution in [3.8, 4) is 0 Å². The van der Waals surface area contributed by atoms with Gasteiger partial charge in [0.05, 0.1) is 4.90 Å². The molecule has 2 N–H and O–H groups in total. The summed E-state index contributed by atoms with van der Waals surface area (Å²) >= 11 is 0. The number of nitrogens with two attached hydrogens (primary N) is 1. The molecular weight excluding hydrogens is 264 g/mol. The highest BCUT2D eigenvalue weighted by Crippen LogP contribution is 2.11. The zero-order valence-corrected chi connectivity index (χ0v) is 12.1.